The van der Waals surface area contributed by atoms with Gasteiger partial charge in [0.2, 0.25) is 5.95 Å². The molecule has 0 aliphatic carbocycles. The molecule has 1 N–H and O–H groups in total. The Labute approximate surface area is 213 Å². The van der Waals surface area contributed by atoms with Crippen LogP contribution in [0, 0.1) is 5.82 Å². The summed E-state index contributed by atoms with van der Waals surface area (Å²) in [5.41, 5.74) is 4.62. The quantitative estimate of drug-likeness (QED) is 0.479. The summed E-state index contributed by atoms with van der Waals surface area (Å²) in [4.78, 5) is 25.9. The number of pyridine rings is 1. The maximum Gasteiger partial charge on any atom is 0.254 e. The number of anilines is 1. The monoisotopic (exact) mass is 496 g/mol. The average Bonchev–Trinajstić information content (AvgIpc) is 3.31. The molecule has 1 aliphatic rings. The Balaban J connectivity index is 0.00000176. The Kier molecular flexibility index (Phi) is 9.41. The van der Waals surface area contributed by atoms with Gasteiger partial charge in [-0.1, -0.05) is 19.9 Å². The second-order valence-electron chi connectivity index (χ2n) is 8.66. The first-order chi connectivity index (χ1) is 17.4. The number of rotatable bonds is 9. The molecular weight excluding hydrogens is 459 g/mol. The highest BCUT2D eigenvalue weighted by molar-refractivity contribution is 5.97. The number of hydrogen-bond acceptors (Lipinski definition) is 6. The van der Waals surface area contributed by atoms with E-state index in [0.717, 1.165) is 47.4 Å². The predicted octanol–water partition coefficient (Wildman–Crippen LogP) is 4.19. The lowest BCUT2D eigenvalue weighted by Crippen LogP contribution is -2.38. The van der Waals surface area contributed by atoms with E-state index in [2.05, 4.69) is 26.3 Å². The number of carbonyl (C=O) groups excluding carboxylic acids is 1. The number of nitrogens with zero attached hydrogens (tertiary/aromatic N) is 5. The number of halogens is 1. The Morgan fingerprint density at radius 2 is 1.94 bits per heavy atom. The molecule has 194 valence electrons. The van der Waals surface area contributed by atoms with Crippen molar-refractivity contribution in [1.82, 2.24) is 24.3 Å². The number of hydrogen-bond donors (Lipinski definition) is 1. The molecule has 3 heterocycles. The van der Waals surface area contributed by atoms with Crippen molar-refractivity contribution in [2.75, 3.05) is 39.6 Å². The van der Waals surface area contributed by atoms with Crippen LogP contribution in [-0.2, 0) is 26.1 Å². The van der Waals surface area contributed by atoms with E-state index in [1.165, 1.54) is 0 Å². The number of nitrogens with one attached hydrogen (secondary N) is 1. The number of imidazole rings is 1. The van der Waals surface area contributed by atoms with Gasteiger partial charge < -0.3 is 24.4 Å². The van der Waals surface area contributed by atoms with Crippen molar-refractivity contribution < 1.29 is 13.9 Å². The molecule has 1 aliphatic heterocycles. The third-order valence-corrected chi connectivity index (χ3v) is 5.86. The van der Waals surface area contributed by atoms with Gasteiger partial charge in [-0.05, 0) is 50.2 Å². The number of benzene rings is 1. The van der Waals surface area contributed by atoms with Gasteiger partial charge in [0.05, 0.1) is 31.6 Å². The van der Waals surface area contributed by atoms with Crippen molar-refractivity contribution >= 4 is 11.9 Å². The largest absolute Gasteiger partial charge is 0.491 e. The molecule has 3 aromatic rings. The lowest BCUT2D eigenvalue weighted by atomic mass is 9.91. The standard InChI is InChI=1S/C25H31FN6O2.C2H6/c1-5-34-23-12-19(29-13-22(23)26)16-31-8-6-20-18(15-30(3)4)10-17(11-21(20)24(31)33)14-32-9-7-28-25(32)27-2;1-2/h7,9-13H,5-6,8,14-16H2,1-4H3,(H,27,28);1-2H3. The van der Waals surface area contributed by atoms with Crippen LogP contribution in [0.2, 0.25) is 0 Å². The average molecular weight is 497 g/mol. The summed E-state index contributed by atoms with van der Waals surface area (Å²) >= 11 is 0. The van der Waals surface area contributed by atoms with E-state index < -0.39 is 5.82 Å². The fraction of sp³-hybridized carbons (Fsp3) is 0.444. The van der Waals surface area contributed by atoms with Gasteiger partial charge >= 0.3 is 0 Å². The lowest BCUT2D eigenvalue weighted by Gasteiger charge is -2.31. The highest BCUT2D eigenvalue weighted by Crippen LogP contribution is 2.28. The molecule has 4 rings (SSSR count). The smallest absolute Gasteiger partial charge is 0.254 e. The molecule has 36 heavy (non-hydrogen) atoms. The number of amides is 1. The van der Waals surface area contributed by atoms with E-state index in [-0.39, 0.29) is 11.7 Å². The van der Waals surface area contributed by atoms with Crippen molar-refractivity contribution in [2.24, 2.45) is 0 Å². The first kappa shape index (κ1) is 27.1. The van der Waals surface area contributed by atoms with Gasteiger partial charge in [-0.3, -0.25) is 9.78 Å². The molecule has 0 fully saturated rings. The highest BCUT2D eigenvalue weighted by Gasteiger charge is 2.28. The van der Waals surface area contributed by atoms with Gasteiger partial charge in [0.25, 0.3) is 5.91 Å². The first-order valence-electron chi connectivity index (χ1n) is 12.4. The Morgan fingerprint density at radius 3 is 2.64 bits per heavy atom. The lowest BCUT2D eigenvalue weighted by molar-refractivity contribution is 0.0723. The summed E-state index contributed by atoms with van der Waals surface area (Å²) in [5.74, 6) is 0.395. The van der Waals surface area contributed by atoms with Gasteiger partial charge in [-0.2, -0.15) is 0 Å². The molecule has 0 saturated carbocycles. The second kappa shape index (κ2) is 12.5. The topological polar surface area (TPSA) is 75.5 Å². The number of fused-ring (bicyclic) bond motifs is 1. The molecule has 0 radical (unpaired) electrons. The summed E-state index contributed by atoms with van der Waals surface area (Å²) in [7, 11) is 5.90. The maximum absolute atomic E-state index is 13.9. The van der Waals surface area contributed by atoms with Crippen molar-refractivity contribution in [3.8, 4) is 5.75 Å². The van der Waals surface area contributed by atoms with Crippen LogP contribution in [-0.4, -0.2) is 64.5 Å². The van der Waals surface area contributed by atoms with Crippen molar-refractivity contribution in [3.05, 3.63) is 70.6 Å². The van der Waals surface area contributed by atoms with E-state index in [1.54, 1.807) is 24.1 Å². The second-order valence-corrected chi connectivity index (χ2v) is 8.66. The normalized spacial score (nSPS) is 12.8. The zero-order valence-electron chi connectivity index (χ0n) is 22.1. The Bertz CT molecular complexity index is 1180. The summed E-state index contributed by atoms with van der Waals surface area (Å²) in [5, 5.41) is 3.09. The fourth-order valence-electron chi connectivity index (χ4n) is 4.40. The number of carbonyl (C=O) groups is 1. The molecule has 0 atom stereocenters. The highest BCUT2D eigenvalue weighted by atomic mass is 19.1. The van der Waals surface area contributed by atoms with Crippen LogP contribution >= 0.6 is 0 Å². The van der Waals surface area contributed by atoms with E-state index in [1.807, 2.05) is 51.8 Å². The van der Waals surface area contributed by atoms with E-state index in [4.69, 9.17) is 4.74 Å². The Hall–Kier alpha value is -3.46. The minimum atomic E-state index is -0.501. The third-order valence-electron chi connectivity index (χ3n) is 5.86. The number of aromatic nitrogens is 3. The van der Waals surface area contributed by atoms with Crippen LogP contribution in [0.1, 0.15) is 53.5 Å². The predicted molar refractivity (Wildman–Crippen MR) is 140 cm³/mol. The maximum atomic E-state index is 13.9. The van der Waals surface area contributed by atoms with Crippen molar-refractivity contribution in [2.45, 2.75) is 46.8 Å². The van der Waals surface area contributed by atoms with E-state index in [9.17, 15) is 9.18 Å². The summed E-state index contributed by atoms with van der Waals surface area (Å²) in [6.45, 7) is 8.41. The van der Waals surface area contributed by atoms with Crippen molar-refractivity contribution in [1.29, 1.82) is 0 Å². The van der Waals surface area contributed by atoms with Gasteiger partial charge in [-0.25, -0.2) is 9.37 Å². The summed E-state index contributed by atoms with van der Waals surface area (Å²) in [6.07, 6.45) is 5.59. The molecular formula is C27H37FN6O2. The van der Waals surface area contributed by atoms with E-state index >= 15 is 0 Å². The SMILES string of the molecule is CC.CCOc1cc(CN2CCc3c(CN(C)C)cc(Cn4ccnc4NC)cc3C2=O)ncc1F. The minimum Gasteiger partial charge on any atom is -0.491 e. The third kappa shape index (κ3) is 6.20. The fourth-order valence-corrected chi connectivity index (χ4v) is 4.40. The molecule has 0 unspecified atom stereocenters. The molecule has 8 nitrogen and oxygen atoms in total. The van der Waals surface area contributed by atoms with E-state index in [0.29, 0.717) is 31.9 Å². The van der Waals surface area contributed by atoms with Crippen LogP contribution < -0.4 is 10.1 Å². The molecule has 0 saturated heterocycles. The van der Waals surface area contributed by atoms with Crippen LogP contribution in [0.5, 0.6) is 5.75 Å². The summed E-state index contributed by atoms with van der Waals surface area (Å²) < 4.78 is 21.3. The Morgan fingerprint density at radius 1 is 1.17 bits per heavy atom. The molecule has 0 spiro atoms. The molecule has 1 amide bonds. The van der Waals surface area contributed by atoms with Crippen LogP contribution in [0.3, 0.4) is 0 Å². The van der Waals surface area contributed by atoms with Crippen LogP contribution in [0.15, 0.2) is 36.8 Å². The van der Waals surface area contributed by atoms with Crippen LogP contribution in [0.25, 0.3) is 0 Å². The molecule has 1 aromatic carbocycles. The van der Waals surface area contributed by atoms with Gasteiger partial charge in [0.15, 0.2) is 11.6 Å². The zero-order valence-corrected chi connectivity index (χ0v) is 22.1. The minimum absolute atomic E-state index is 0.0355. The molecule has 2 aromatic heterocycles. The summed E-state index contributed by atoms with van der Waals surface area (Å²) in [6, 6.07) is 5.76. The van der Waals surface area contributed by atoms with Gasteiger partial charge in [0.1, 0.15) is 0 Å². The number of ether oxygens (including phenoxy) is 1. The first-order valence-corrected chi connectivity index (χ1v) is 12.4. The van der Waals surface area contributed by atoms with Gasteiger partial charge in [0, 0.05) is 44.2 Å². The van der Waals surface area contributed by atoms with Crippen LogP contribution in [0.4, 0.5) is 10.3 Å². The molecule has 0 bridgehead atoms. The zero-order chi connectivity index (χ0) is 26.2. The molecule has 9 heteroatoms. The van der Waals surface area contributed by atoms with Crippen molar-refractivity contribution in [3.63, 3.8) is 0 Å². The van der Waals surface area contributed by atoms with Gasteiger partial charge in [-0.15, -0.1) is 0 Å².